The number of nitrogens with one attached hydrogen (secondary N) is 1. The van der Waals surface area contributed by atoms with Gasteiger partial charge in [0.15, 0.2) is 0 Å². The Kier molecular flexibility index (Phi) is 4.94. The topological polar surface area (TPSA) is 69.6 Å². The zero-order valence-electron chi connectivity index (χ0n) is 10.7. The van der Waals surface area contributed by atoms with Gasteiger partial charge in [-0.05, 0) is 40.0 Å². The summed E-state index contributed by atoms with van der Waals surface area (Å²) in [7, 11) is -1.07. The van der Waals surface area contributed by atoms with E-state index in [0.29, 0.717) is 19.5 Å². The second-order valence-corrected chi connectivity index (χ2v) is 7.39. The third kappa shape index (κ3) is 5.04. The van der Waals surface area contributed by atoms with Crippen LogP contribution in [0.25, 0.3) is 0 Å². The molecule has 0 radical (unpaired) electrons. The SMILES string of the molecule is CC(C)(C)S(=O)NCCCN(C(=O)O)C1CC1. The molecule has 1 rings (SSSR count). The van der Waals surface area contributed by atoms with Crippen LogP contribution in [-0.4, -0.2) is 44.2 Å². The van der Waals surface area contributed by atoms with E-state index >= 15 is 0 Å². The van der Waals surface area contributed by atoms with Gasteiger partial charge in [0.25, 0.3) is 0 Å². The molecular formula is C11H22N2O3S. The maximum absolute atomic E-state index is 11.7. The van der Waals surface area contributed by atoms with E-state index < -0.39 is 17.1 Å². The van der Waals surface area contributed by atoms with E-state index in [-0.39, 0.29) is 10.8 Å². The van der Waals surface area contributed by atoms with Crippen molar-refractivity contribution in [1.29, 1.82) is 0 Å². The van der Waals surface area contributed by atoms with Crippen LogP contribution in [0.1, 0.15) is 40.0 Å². The lowest BCUT2D eigenvalue weighted by atomic mass is 10.3. The molecule has 100 valence electrons. The van der Waals surface area contributed by atoms with Gasteiger partial charge in [-0.15, -0.1) is 0 Å². The minimum absolute atomic E-state index is 0.223. The normalized spacial score (nSPS) is 17.8. The summed E-state index contributed by atoms with van der Waals surface area (Å²) in [6, 6.07) is 0.223. The van der Waals surface area contributed by atoms with Gasteiger partial charge in [0.2, 0.25) is 0 Å². The molecule has 0 heterocycles. The number of amides is 1. The van der Waals surface area contributed by atoms with Crippen LogP contribution in [0, 0.1) is 0 Å². The van der Waals surface area contributed by atoms with E-state index in [2.05, 4.69) is 4.72 Å². The maximum Gasteiger partial charge on any atom is 0.407 e. The van der Waals surface area contributed by atoms with Crippen LogP contribution in [0.4, 0.5) is 4.79 Å². The van der Waals surface area contributed by atoms with Crippen molar-refractivity contribution in [3.05, 3.63) is 0 Å². The first-order valence-corrected chi connectivity index (χ1v) is 7.12. The molecule has 0 saturated heterocycles. The van der Waals surface area contributed by atoms with E-state index in [1.54, 1.807) is 0 Å². The second kappa shape index (κ2) is 5.82. The molecule has 0 aliphatic heterocycles. The summed E-state index contributed by atoms with van der Waals surface area (Å²) in [4.78, 5) is 12.4. The molecule has 0 bridgehead atoms. The Hall–Kier alpha value is -0.620. The highest BCUT2D eigenvalue weighted by molar-refractivity contribution is 7.84. The average Bonchev–Trinajstić information content (AvgIpc) is 2.98. The van der Waals surface area contributed by atoms with Crippen molar-refractivity contribution in [2.75, 3.05) is 13.1 Å². The number of nitrogens with zero attached hydrogens (tertiary/aromatic N) is 1. The Labute approximate surface area is 105 Å². The highest BCUT2D eigenvalue weighted by Crippen LogP contribution is 2.26. The summed E-state index contributed by atoms with van der Waals surface area (Å²) in [6.07, 6.45) is 1.82. The first-order valence-electron chi connectivity index (χ1n) is 5.97. The molecule has 0 spiro atoms. The molecule has 1 aliphatic rings. The van der Waals surface area contributed by atoms with Crippen LogP contribution in [-0.2, 0) is 11.0 Å². The van der Waals surface area contributed by atoms with Gasteiger partial charge in [-0.1, -0.05) is 0 Å². The van der Waals surface area contributed by atoms with Gasteiger partial charge in [-0.2, -0.15) is 0 Å². The molecule has 17 heavy (non-hydrogen) atoms. The Morgan fingerprint density at radius 3 is 2.47 bits per heavy atom. The summed E-state index contributed by atoms with van der Waals surface area (Å²) >= 11 is 0. The van der Waals surface area contributed by atoms with E-state index in [1.165, 1.54) is 4.90 Å². The van der Waals surface area contributed by atoms with Gasteiger partial charge in [0, 0.05) is 19.1 Å². The van der Waals surface area contributed by atoms with Crippen molar-refractivity contribution in [1.82, 2.24) is 9.62 Å². The number of carboxylic acid groups (broad SMARTS) is 1. The maximum atomic E-state index is 11.7. The summed E-state index contributed by atoms with van der Waals surface area (Å²) < 4.78 is 14.3. The third-order valence-corrected chi connectivity index (χ3v) is 4.18. The summed E-state index contributed by atoms with van der Waals surface area (Å²) in [5.41, 5.74) is 0. The lowest BCUT2D eigenvalue weighted by Gasteiger charge is -2.20. The van der Waals surface area contributed by atoms with Gasteiger partial charge >= 0.3 is 6.09 Å². The minimum atomic E-state index is -1.07. The van der Waals surface area contributed by atoms with Gasteiger partial charge in [-0.25, -0.2) is 13.7 Å². The largest absolute Gasteiger partial charge is 0.465 e. The van der Waals surface area contributed by atoms with Crippen LogP contribution >= 0.6 is 0 Å². The Bertz CT molecular complexity index is 298. The van der Waals surface area contributed by atoms with Gasteiger partial charge < -0.3 is 10.0 Å². The van der Waals surface area contributed by atoms with Crippen LogP contribution in [0.2, 0.25) is 0 Å². The summed E-state index contributed by atoms with van der Waals surface area (Å²) in [6.45, 7) is 6.83. The monoisotopic (exact) mass is 262 g/mol. The van der Waals surface area contributed by atoms with E-state index in [0.717, 1.165) is 12.8 Å². The summed E-state index contributed by atoms with van der Waals surface area (Å²) in [5.74, 6) is 0. The molecule has 1 unspecified atom stereocenters. The fourth-order valence-electron chi connectivity index (χ4n) is 1.45. The fourth-order valence-corrected chi connectivity index (χ4v) is 2.21. The molecule has 1 aliphatic carbocycles. The zero-order chi connectivity index (χ0) is 13.1. The van der Waals surface area contributed by atoms with E-state index in [1.807, 2.05) is 20.8 Å². The minimum Gasteiger partial charge on any atom is -0.465 e. The van der Waals surface area contributed by atoms with Crippen molar-refractivity contribution in [2.45, 2.75) is 50.8 Å². The van der Waals surface area contributed by atoms with Crippen molar-refractivity contribution in [2.24, 2.45) is 0 Å². The number of carbonyl (C=O) groups is 1. The van der Waals surface area contributed by atoms with Gasteiger partial charge in [-0.3, -0.25) is 0 Å². The molecule has 0 aromatic heterocycles. The molecule has 1 fully saturated rings. The van der Waals surface area contributed by atoms with Crippen molar-refractivity contribution in [3.8, 4) is 0 Å². The Morgan fingerprint density at radius 1 is 1.47 bits per heavy atom. The second-order valence-electron chi connectivity index (χ2n) is 5.34. The third-order valence-electron chi connectivity index (χ3n) is 2.60. The van der Waals surface area contributed by atoms with Gasteiger partial charge in [0.1, 0.15) is 0 Å². The highest BCUT2D eigenvalue weighted by atomic mass is 32.2. The fraction of sp³-hybridized carbons (Fsp3) is 0.909. The summed E-state index contributed by atoms with van der Waals surface area (Å²) in [5, 5.41) is 8.97. The van der Waals surface area contributed by atoms with E-state index in [4.69, 9.17) is 5.11 Å². The van der Waals surface area contributed by atoms with E-state index in [9.17, 15) is 9.00 Å². The standard InChI is InChI=1S/C11H22N2O3S/c1-11(2,3)17(16)12-7-4-8-13(10(14)15)9-5-6-9/h9,12H,4-8H2,1-3H3,(H,14,15). The molecular weight excluding hydrogens is 240 g/mol. The predicted molar refractivity (Wildman–Crippen MR) is 68.3 cm³/mol. The zero-order valence-corrected chi connectivity index (χ0v) is 11.5. The highest BCUT2D eigenvalue weighted by Gasteiger charge is 2.31. The number of rotatable bonds is 6. The molecule has 0 aromatic carbocycles. The van der Waals surface area contributed by atoms with Crippen LogP contribution in [0.3, 0.4) is 0 Å². The average molecular weight is 262 g/mol. The number of hydrogen-bond acceptors (Lipinski definition) is 2. The predicted octanol–water partition coefficient (Wildman–Crippen LogP) is 1.57. The Balaban J connectivity index is 2.19. The van der Waals surface area contributed by atoms with Crippen molar-refractivity contribution in [3.63, 3.8) is 0 Å². The molecule has 1 amide bonds. The molecule has 1 atom stereocenters. The number of hydrogen-bond donors (Lipinski definition) is 2. The molecule has 2 N–H and O–H groups in total. The van der Waals surface area contributed by atoms with Gasteiger partial charge in [0.05, 0.1) is 15.7 Å². The first-order chi connectivity index (χ1) is 7.82. The first kappa shape index (κ1) is 14.4. The van der Waals surface area contributed by atoms with Crippen molar-refractivity contribution >= 4 is 17.1 Å². The molecule has 1 saturated carbocycles. The lowest BCUT2D eigenvalue weighted by molar-refractivity contribution is 0.141. The Morgan fingerprint density at radius 2 is 2.06 bits per heavy atom. The molecule has 5 nitrogen and oxygen atoms in total. The van der Waals surface area contributed by atoms with Crippen molar-refractivity contribution < 1.29 is 14.1 Å². The molecule has 6 heteroatoms. The smallest absolute Gasteiger partial charge is 0.407 e. The van der Waals surface area contributed by atoms with Crippen LogP contribution in [0.5, 0.6) is 0 Å². The van der Waals surface area contributed by atoms with Crippen LogP contribution in [0.15, 0.2) is 0 Å². The lowest BCUT2D eigenvalue weighted by Crippen LogP contribution is -2.37. The quantitative estimate of drug-likeness (QED) is 0.714. The molecule has 0 aromatic rings. The van der Waals surface area contributed by atoms with Crippen LogP contribution < -0.4 is 4.72 Å².